The maximum Gasteiger partial charge on any atom is 0.258 e. The van der Waals surface area contributed by atoms with Gasteiger partial charge in [0.25, 0.3) is 5.91 Å². The second kappa shape index (κ2) is 9.77. The SMILES string of the molecule is Cc1cc(N2CCCCC2=O)ccc1-c1ccc(C(=O)N2c3cc4c(cc3CC2C)OCC42CCNCC2)cc1. The summed E-state index contributed by atoms with van der Waals surface area (Å²) in [5.74, 6) is 1.27. The minimum Gasteiger partial charge on any atom is -0.492 e. The van der Waals surface area contributed by atoms with E-state index in [1.54, 1.807) is 0 Å². The van der Waals surface area contributed by atoms with Gasteiger partial charge in [-0.15, -0.1) is 0 Å². The van der Waals surface area contributed by atoms with E-state index in [2.05, 4.69) is 43.4 Å². The van der Waals surface area contributed by atoms with Crippen molar-refractivity contribution in [2.45, 2.75) is 63.8 Å². The molecule has 40 heavy (non-hydrogen) atoms. The summed E-state index contributed by atoms with van der Waals surface area (Å²) in [6, 6.07) is 18.8. The Morgan fingerprint density at radius 3 is 2.58 bits per heavy atom. The number of nitrogens with zero attached hydrogens (tertiary/aromatic N) is 2. The fraction of sp³-hybridized carbons (Fsp3) is 0.412. The van der Waals surface area contributed by atoms with Gasteiger partial charge in [-0.3, -0.25) is 9.59 Å². The molecule has 1 N–H and O–H groups in total. The third-order valence-electron chi connectivity index (χ3n) is 9.54. The number of nitrogens with one attached hydrogen (secondary N) is 1. The first kappa shape index (κ1) is 25.3. The van der Waals surface area contributed by atoms with Crippen molar-refractivity contribution in [3.05, 3.63) is 76.9 Å². The quantitative estimate of drug-likeness (QED) is 0.462. The van der Waals surface area contributed by atoms with Crippen molar-refractivity contribution in [2.24, 2.45) is 0 Å². The summed E-state index contributed by atoms with van der Waals surface area (Å²) in [5.41, 5.74) is 8.57. The van der Waals surface area contributed by atoms with Crippen molar-refractivity contribution in [1.82, 2.24) is 5.32 Å². The highest BCUT2D eigenvalue weighted by Crippen LogP contribution is 2.49. The maximum absolute atomic E-state index is 13.9. The molecule has 0 radical (unpaired) electrons. The molecule has 1 atom stereocenters. The standard InChI is InChI=1S/C34H37N3O3/c1-22-17-27(36-16-4-3-5-32(36)38)10-11-28(22)24-6-8-25(9-7-24)33(39)37-23(2)18-26-19-31-29(20-30(26)37)34(21-40-31)12-14-35-15-13-34/h6-11,17,19-20,23,35H,3-5,12-16,18,21H2,1-2H3. The van der Waals surface area contributed by atoms with E-state index >= 15 is 0 Å². The Balaban J connectivity index is 1.14. The Morgan fingerprint density at radius 1 is 1.02 bits per heavy atom. The highest BCUT2D eigenvalue weighted by Gasteiger charge is 2.44. The van der Waals surface area contributed by atoms with Gasteiger partial charge in [0.1, 0.15) is 5.75 Å². The lowest BCUT2D eigenvalue weighted by Crippen LogP contribution is -2.41. The predicted molar refractivity (Wildman–Crippen MR) is 159 cm³/mol. The lowest BCUT2D eigenvalue weighted by molar-refractivity contribution is -0.119. The van der Waals surface area contributed by atoms with Crippen LogP contribution in [0, 0.1) is 6.92 Å². The zero-order valence-corrected chi connectivity index (χ0v) is 23.5. The summed E-state index contributed by atoms with van der Waals surface area (Å²) in [6.07, 6.45) is 5.64. The molecule has 3 aromatic rings. The van der Waals surface area contributed by atoms with Crippen LogP contribution >= 0.6 is 0 Å². The van der Waals surface area contributed by atoms with Gasteiger partial charge in [0.05, 0.1) is 6.61 Å². The Labute approximate surface area is 236 Å². The molecule has 1 spiro atoms. The number of carbonyl (C=O) groups is 2. The largest absolute Gasteiger partial charge is 0.492 e. The smallest absolute Gasteiger partial charge is 0.258 e. The van der Waals surface area contributed by atoms with Gasteiger partial charge in [-0.1, -0.05) is 18.2 Å². The van der Waals surface area contributed by atoms with Gasteiger partial charge in [0.15, 0.2) is 0 Å². The highest BCUT2D eigenvalue weighted by molar-refractivity contribution is 6.08. The van der Waals surface area contributed by atoms with E-state index in [-0.39, 0.29) is 23.3 Å². The van der Waals surface area contributed by atoms with E-state index in [0.717, 1.165) is 92.2 Å². The van der Waals surface area contributed by atoms with Crippen LogP contribution < -0.4 is 19.9 Å². The molecule has 4 heterocycles. The number of rotatable bonds is 3. The van der Waals surface area contributed by atoms with Crippen LogP contribution in [0.4, 0.5) is 11.4 Å². The summed E-state index contributed by atoms with van der Waals surface area (Å²) < 4.78 is 6.19. The van der Waals surface area contributed by atoms with Crippen molar-refractivity contribution < 1.29 is 14.3 Å². The highest BCUT2D eigenvalue weighted by atomic mass is 16.5. The first-order valence-electron chi connectivity index (χ1n) is 14.8. The molecule has 0 saturated carbocycles. The maximum atomic E-state index is 13.9. The number of hydrogen-bond donors (Lipinski definition) is 1. The summed E-state index contributed by atoms with van der Waals surface area (Å²) in [7, 11) is 0. The molecule has 4 aliphatic heterocycles. The number of amides is 2. The zero-order valence-electron chi connectivity index (χ0n) is 23.5. The topological polar surface area (TPSA) is 61.9 Å². The average molecular weight is 536 g/mol. The van der Waals surface area contributed by atoms with Gasteiger partial charge in [-0.05, 0) is 118 Å². The van der Waals surface area contributed by atoms with Crippen LogP contribution in [0.1, 0.15) is 66.1 Å². The zero-order chi connectivity index (χ0) is 27.4. The van der Waals surface area contributed by atoms with Crippen molar-refractivity contribution in [3.63, 3.8) is 0 Å². The monoisotopic (exact) mass is 535 g/mol. The third-order valence-corrected chi connectivity index (χ3v) is 9.54. The molecule has 7 rings (SSSR count). The Morgan fingerprint density at radius 2 is 1.82 bits per heavy atom. The Hall–Kier alpha value is -3.64. The third kappa shape index (κ3) is 4.12. The second-order valence-corrected chi connectivity index (χ2v) is 12.1. The van der Waals surface area contributed by atoms with E-state index < -0.39 is 0 Å². The van der Waals surface area contributed by atoms with E-state index in [9.17, 15) is 9.59 Å². The first-order valence-corrected chi connectivity index (χ1v) is 14.8. The van der Waals surface area contributed by atoms with Crippen LogP contribution in [0.2, 0.25) is 0 Å². The van der Waals surface area contributed by atoms with Crippen molar-refractivity contribution in [1.29, 1.82) is 0 Å². The van der Waals surface area contributed by atoms with Crippen molar-refractivity contribution in [3.8, 4) is 16.9 Å². The van der Waals surface area contributed by atoms with Crippen LogP contribution in [-0.2, 0) is 16.6 Å². The average Bonchev–Trinajstić information content (AvgIpc) is 3.47. The summed E-state index contributed by atoms with van der Waals surface area (Å²) in [4.78, 5) is 30.2. The van der Waals surface area contributed by atoms with Crippen LogP contribution in [0.25, 0.3) is 11.1 Å². The number of benzene rings is 3. The van der Waals surface area contributed by atoms with Crippen LogP contribution in [-0.4, -0.2) is 44.1 Å². The van der Waals surface area contributed by atoms with E-state index in [1.807, 2.05) is 40.1 Å². The summed E-state index contributed by atoms with van der Waals surface area (Å²) in [5, 5.41) is 3.48. The number of ether oxygens (including phenoxy) is 1. The van der Waals surface area contributed by atoms with Gasteiger partial charge >= 0.3 is 0 Å². The van der Waals surface area contributed by atoms with E-state index in [0.29, 0.717) is 12.0 Å². The van der Waals surface area contributed by atoms with Gasteiger partial charge in [0, 0.05) is 46.9 Å². The molecule has 3 aromatic carbocycles. The minimum atomic E-state index is 0.0479. The molecular formula is C34H37N3O3. The molecule has 0 aromatic heterocycles. The molecule has 2 saturated heterocycles. The number of carbonyl (C=O) groups excluding carboxylic acids is 2. The van der Waals surface area contributed by atoms with Crippen LogP contribution in [0.5, 0.6) is 5.75 Å². The lowest BCUT2D eigenvalue weighted by atomic mass is 9.74. The molecule has 6 heteroatoms. The molecule has 0 bridgehead atoms. The van der Waals surface area contributed by atoms with Gasteiger partial charge < -0.3 is 19.9 Å². The molecule has 4 aliphatic rings. The number of hydrogen-bond acceptors (Lipinski definition) is 4. The Bertz CT molecular complexity index is 1490. The fourth-order valence-corrected chi connectivity index (χ4v) is 7.25. The number of aryl methyl sites for hydroxylation is 1. The van der Waals surface area contributed by atoms with Crippen LogP contribution in [0.3, 0.4) is 0 Å². The summed E-state index contributed by atoms with van der Waals surface area (Å²) >= 11 is 0. The summed E-state index contributed by atoms with van der Waals surface area (Å²) in [6.45, 7) is 7.77. The normalized spacial score (nSPS) is 21.4. The molecule has 6 nitrogen and oxygen atoms in total. The molecular weight excluding hydrogens is 498 g/mol. The van der Waals surface area contributed by atoms with Gasteiger partial charge in [0.2, 0.25) is 5.91 Å². The van der Waals surface area contributed by atoms with Gasteiger partial charge in [-0.2, -0.15) is 0 Å². The molecule has 2 amide bonds. The first-order chi connectivity index (χ1) is 19.4. The number of piperidine rings is 2. The molecule has 0 aliphatic carbocycles. The molecule has 1 unspecified atom stereocenters. The number of anilines is 2. The predicted octanol–water partition coefficient (Wildman–Crippen LogP) is 5.78. The molecule has 206 valence electrons. The molecule has 2 fully saturated rings. The Kier molecular flexibility index (Phi) is 6.19. The lowest BCUT2D eigenvalue weighted by Gasteiger charge is -2.33. The minimum absolute atomic E-state index is 0.0479. The van der Waals surface area contributed by atoms with Crippen LogP contribution in [0.15, 0.2) is 54.6 Å². The fourth-order valence-electron chi connectivity index (χ4n) is 7.25. The van der Waals surface area contributed by atoms with Crippen molar-refractivity contribution >= 4 is 23.2 Å². The van der Waals surface area contributed by atoms with Crippen molar-refractivity contribution in [2.75, 3.05) is 36.0 Å². The van der Waals surface area contributed by atoms with E-state index in [4.69, 9.17) is 4.74 Å². The number of fused-ring (bicyclic) bond motifs is 3. The van der Waals surface area contributed by atoms with E-state index in [1.165, 1.54) is 11.1 Å². The second-order valence-electron chi connectivity index (χ2n) is 12.1. The van der Waals surface area contributed by atoms with Gasteiger partial charge in [-0.25, -0.2) is 0 Å².